The fraction of sp³-hybridized carbons (Fsp3) is 0.160. The van der Waals surface area contributed by atoms with Crippen LogP contribution in [0.3, 0.4) is 0 Å². The molecule has 3 heterocycles. The third kappa shape index (κ3) is 4.20. The molecule has 5 aromatic rings. The van der Waals surface area contributed by atoms with Gasteiger partial charge in [0.2, 0.25) is 0 Å². The summed E-state index contributed by atoms with van der Waals surface area (Å²) in [4.78, 5) is 21.4. The van der Waals surface area contributed by atoms with Crippen molar-refractivity contribution in [2.24, 2.45) is 5.73 Å². The third-order valence-electron chi connectivity index (χ3n) is 5.57. The zero-order chi connectivity index (χ0) is 23.5. The minimum absolute atomic E-state index is 0.0167. The molecule has 0 unspecified atom stereocenters. The van der Waals surface area contributed by atoms with Gasteiger partial charge < -0.3 is 11.1 Å². The second kappa shape index (κ2) is 9.32. The molecule has 0 radical (unpaired) electrons. The molecule has 0 saturated heterocycles. The summed E-state index contributed by atoms with van der Waals surface area (Å²) in [7, 11) is 0. The van der Waals surface area contributed by atoms with Gasteiger partial charge in [0.05, 0.1) is 23.3 Å². The number of benzene rings is 2. The lowest BCUT2D eigenvalue weighted by Gasteiger charge is -2.08. The number of para-hydroxylation sites is 1. The Morgan fingerprint density at radius 2 is 1.97 bits per heavy atom. The van der Waals surface area contributed by atoms with Crippen molar-refractivity contribution in [2.45, 2.75) is 13.0 Å². The highest BCUT2D eigenvalue weighted by Crippen LogP contribution is 2.24. The summed E-state index contributed by atoms with van der Waals surface area (Å²) in [6.07, 6.45) is 2.39. The van der Waals surface area contributed by atoms with Crippen molar-refractivity contribution in [3.8, 4) is 11.3 Å². The Kier molecular flexibility index (Phi) is 5.92. The highest BCUT2D eigenvalue weighted by atomic mass is 19.1. The predicted octanol–water partition coefficient (Wildman–Crippen LogP) is 3.31. The average Bonchev–Trinajstić information content (AvgIpc) is 3.26. The number of amides is 1. The third-order valence-corrected chi connectivity index (χ3v) is 5.57. The molecule has 0 spiro atoms. The minimum Gasteiger partial charge on any atom is -0.352 e. The van der Waals surface area contributed by atoms with Gasteiger partial charge in [-0.15, -0.1) is 5.10 Å². The van der Waals surface area contributed by atoms with Gasteiger partial charge in [0.25, 0.3) is 5.91 Å². The van der Waals surface area contributed by atoms with E-state index in [0.717, 1.165) is 16.5 Å². The highest BCUT2D eigenvalue weighted by Gasteiger charge is 2.15. The maximum absolute atomic E-state index is 14.7. The first-order chi connectivity index (χ1) is 16.6. The van der Waals surface area contributed by atoms with Gasteiger partial charge in [-0.05, 0) is 48.9 Å². The molecular formula is C25H22FN7O. The average molecular weight is 455 g/mol. The Hall–Kier alpha value is -4.24. The SMILES string of the molecule is NCCCNC(=O)c1ccc(-c2ccc3nnn(Cc4cccc5cccnc45)c3n2)cc1F. The predicted molar refractivity (Wildman–Crippen MR) is 128 cm³/mol. The Morgan fingerprint density at radius 3 is 2.82 bits per heavy atom. The van der Waals surface area contributed by atoms with Crippen LogP contribution in [0, 0.1) is 5.82 Å². The molecule has 2 aromatic carbocycles. The summed E-state index contributed by atoms with van der Waals surface area (Å²) in [6, 6.07) is 17.9. The van der Waals surface area contributed by atoms with Gasteiger partial charge in [-0.3, -0.25) is 9.78 Å². The largest absolute Gasteiger partial charge is 0.352 e. The lowest BCUT2D eigenvalue weighted by atomic mass is 10.1. The number of hydrogen-bond donors (Lipinski definition) is 2. The Labute approximate surface area is 194 Å². The number of aromatic nitrogens is 5. The van der Waals surface area contributed by atoms with E-state index in [1.165, 1.54) is 12.1 Å². The zero-order valence-electron chi connectivity index (χ0n) is 18.3. The highest BCUT2D eigenvalue weighted by molar-refractivity contribution is 5.95. The molecule has 0 aliphatic rings. The normalized spacial score (nSPS) is 11.2. The monoisotopic (exact) mass is 455 g/mol. The van der Waals surface area contributed by atoms with Crippen molar-refractivity contribution in [1.29, 1.82) is 0 Å². The molecule has 0 bridgehead atoms. The quantitative estimate of drug-likeness (QED) is 0.364. The molecule has 34 heavy (non-hydrogen) atoms. The van der Waals surface area contributed by atoms with E-state index in [-0.39, 0.29) is 5.56 Å². The number of pyridine rings is 2. The van der Waals surface area contributed by atoms with E-state index in [4.69, 9.17) is 10.7 Å². The summed E-state index contributed by atoms with van der Waals surface area (Å²) in [5.41, 5.74) is 9.62. The molecule has 0 aliphatic carbocycles. The number of hydrogen-bond acceptors (Lipinski definition) is 6. The standard InChI is InChI=1S/C25H22FN7O/c26-20-14-17(7-8-19(20)25(34)29-13-3-11-27)21-9-10-22-24(30-21)33(32-31-22)15-18-5-1-4-16-6-2-12-28-23(16)18/h1-2,4-10,12,14H,3,11,13,15,27H2,(H,29,34). The number of halogens is 1. The van der Waals surface area contributed by atoms with Gasteiger partial charge in [-0.2, -0.15) is 0 Å². The number of nitrogens with two attached hydrogens (primary N) is 1. The zero-order valence-corrected chi connectivity index (χ0v) is 18.3. The second-order valence-electron chi connectivity index (χ2n) is 7.87. The van der Waals surface area contributed by atoms with Crippen LogP contribution in [0.15, 0.2) is 66.9 Å². The van der Waals surface area contributed by atoms with Gasteiger partial charge in [-0.1, -0.05) is 35.5 Å². The van der Waals surface area contributed by atoms with E-state index in [0.29, 0.717) is 48.5 Å². The number of fused-ring (bicyclic) bond motifs is 2. The lowest BCUT2D eigenvalue weighted by molar-refractivity contribution is 0.0949. The number of rotatable bonds is 7. The maximum atomic E-state index is 14.7. The lowest BCUT2D eigenvalue weighted by Crippen LogP contribution is -2.26. The van der Waals surface area contributed by atoms with Crippen LogP contribution in [-0.4, -0.2) is 44.0 Å². The fourth-order valence-corrected chi connectivity index (χ4v) is 3.83. The smallest absolute Gasteiger partial charge is 0.254 e. The molecule has 5 rings (SSSR count). The van der Waals surface area contributed by atoms with Crippen LogP contribution < -0.4 is 11.1 Å². The molecule has 3 N–H and O–H groups in total. The molecule has 170 valence electrons. The van der Waals surface area contributed by atoms with E-state index in [2.05, 4.69) is 20.6 Å². The molecule has 9 heteroatoms. The van der Waals surface area contributed by atoms with Crippen molar-refractivity contribution in [3.05, 3.63) is 83.8 Å². The van der Waals surface area contributed by atoms with Crippen LogP contribution in [-0.2, 0) is 6.54 Å². The van der Waals surface area contributed by atoms with Crippen molar-refractivity contribution in [1.82, 2.24) is 30.3 Å². The molecule has 0 aliphatic heterocycles. The summed E-state index contributed by atoms with van der Waals surface area (Å²) in [5.74, 6) is -1.08. The number of nitrogens with one attached hydrogen (secondary N) is 1. The number of nitrogens with zero attached hydrogens (tertiary/aromatic N) is 5. The van der Waals surface area contributed by atoms with E-state index in [1.54, 1.807) is 29.1 Å². The summed E-state index contributed by atoms with van der Waals surface area (Å²) >= 11 is 0. The van der Waals surface area contributed by atoms with Gasteiger partial charge >= 0.3 is 0 Å². The van der Waals surface area contributed by atoms with Crippen LogP contribution in [0.2, 0.25) is 0 Å². The van der Waals surface area contributed by atoms with Crippen LogP contribution in [0.1, 0.15) is 22.3 Å². The fourth-order valence-electron chi connectivity index (χ4n) is 3.83. The van der Waals surface area contributed by atoms with Crippen LogP contribution in [0.4, 0.5) is 4.39 Å². The molecular weight excluding hydrogens is 433 g/mol. The number of carbonyl (C=O) groups is 1. The van der Waals surface area contributed by atoms with Crippen LogP contribution >= 0.6 is 0 Å². The van der Waals surface area contributed by atoms with Crippen molar-refractivity contribution in [3.63, 3.8) is 0 Å². The van der Waals surface area contributed by atoms with Crippen molar-refractivity contribution in [2.75, 3.05) is 13.1 Å². The molecule has 1 amide bonds. The van der Waals surface area contributed by atoms with Gasteiger partial charge in [-0.25, -0.2) is 14.1 Å². The summed E-state index contributed by atoms with van der Waals surface area (Å²) < 4.78 is 16.4. The van der Waals surface area contributed by atoms with E-state index in [9.17, 15) is 9.18 Å². The van der Waals surface area contributed by atoms with E-state index >= 15 is 0 Å². The Balaban J connectivity index is 1.45. The molecule has 0 saturated carbocycles. The first kappa shape index (κ1) is 21.6. The summed E-state index contributed by atoms with van der Waals surface area (Å²) in [6.45, 7) is 1.30. The second-order valence-corrected chi connectivity index (χ2v) is 7.87. The van der Waals surface area contributed by atoms with Crippen molar-refractivity contribution >= 4 is 28.0 Å². The van der Waals surface area contributed by atoms with E-state index in [1.807, 2.05) is 30.3 Å². The minimum atomic E-state index is -0.613. The van der Waals surface area contributed by atoms with E-state index < -0.39 is 11.7 Å². The van der Waals surface area contributed by atoms with Gasteiger partial charge in [0.15, 0.2) is 5.65 Å². The first-order valence-corrected chi connectivity index (χ1v) is 10.9. The Bertz CT molecular complexity index is 1490. The van der Waals surface area contributed by atoms with Gasteiger partial charge in [0.1, 0.15) is 11.3 Å². The molecule has 3 aromatic heterocycles. The molecule has 0 atom stereocenters. The van der Waals surface area contributed by atoms with Gasteiger partial charge in [0, 0.05) is 23.7 Å². The number of carbonyl (C=O) groups excluding carboxylic acids is 1. The summed E-state index contributed by atoms with van der Waals surface area (Å²) in [5, 5.41) is 12.2. The Morgan fingerprint density at radius 1 is 1.09 bits per heavy atom. The molecule has 0 fully saturated rings. The van der Waals surface area contributed by atoms with Crippen LogP contribution in [0.5, 0.6) is 0 Å². The topological polar surface area (TPSA) is 112 Å². The maximum Gasteiger partial charge on any atom is 0.254 e. The van der Waals surface area contributed by atoms with Crippen LogP contribution in [0.25, 0.3) is 33.3 Å². The molecule has 8 nitrogen and oxygen atoms in total. The first-order valence-electron chi connectivity index (χ1n) is 10.9. The van der Waals surface area contributed by atoms with Crippen molar-refractivity contribution < 1.29 is 9.18 Å².